The van der Waals surface area contributed by atoms with Crippen molar-refractivity contribution in [2.75, 3.05) is 13.1 Å². The number of hydrogen-bond donors (Lipinski definition) is 2. The Bertz CT molecular complexity index is 449. The summed E-state index contributed by atoms with van der Waals surface area (Å²) in [5, 5.41) is 18.6. The standard InChI is InChI=1S/C10H13NO4S/c12-9-6-11(7-10(9)13)16(14,15)8-4-2-1-3-5-8/h1-5,9-10,12-13H,6-7H2. The van der Waals surface area contributed by atoms with Crippen LogP contribution in [-0.2, 0) is 10.0 Å². The van der Waals surface area contributed by atoms with E-state index < -0.39 is 22.2 Å². The Morgan fingerprint density at radius 2 is 1.56 bits per heavy atom. The van der Waals surface area contributed by atoms with Crippen molar-refractivity contribution in [2.24, 2.45) is 0 Å². The number of sulfonamides is 1. The molecule has 0 amide bonds. The van der Waals surface area contributed by atoms with Crippen molar-refractivity contribution < 1.29 is 18.6 Å². The van der Waals surface area contributed by atoms with Gasteiger partial charge in [0.2, 0.25) is 10.0 Å². The topological polar surface area (TPSA) is 77.8 Å². The zero-order valence-corrected chi connectivity index (χ0v) is 9.34. The number of benzene rings is 1. The Morgan fingerprint density at radius 3 is 2.06 bits per heavy atom. The number of nitrogens with zero attached hydrogens (tertiary/aromatic N) is 1. The smallest absolute Gasteiger partial charge is 0.243 e. The third-order valence-corrected chi connectivity index (χ3v) is 4.45. The van der Waals surface area contributed by atoms with E-state index in [1.807, 2.05) is 0 Å². The SMILES string of the molecule is O=S(=O)(c1ccccc1)N1CC(O)C(O)C1. The zero-order chi connectivity index (χ0) is 11.8. The summed E-state index contributed by atoms with van der Waals surface area (Å²) in [4.78, 5) is 0.177. The molecule has 1 aliphatic rings. The molecule has 0 spiro atoms. The van der Waals surface area contributed by atoms with Crippen LogP contribution in [0, 0.1) is 0 Å². The zero-order valence-electron chi connectivity index (χ0n) is 8.52. The molecule has 88 valence electrons. The molecule has 2 unspecified atom stereocenters. The van der Waals surface area contributed by atoms with Gasteiger partial charge in [-0.3, -0.25) is 0 Å². The molecule has 5 nitrogen and oxygen atoms in total. The van der Waals surface area contributed by atoms with Gasteiger partial charge in [0.15, 0.2) is 0 Å². The normalized spacial score (nSPS) is 27.1. The van der Waals surface area contributed by atoms with E-state index in [0.29, 0.717) is 0 Å². The minimum Gasteiger partial charge on any atom is -0.389 e. The van der Waals surface area contributed by atoms with E-state index in [4.69, 9.17) is 0 Å². The molecule has 2 atom stereocenters. The van der Waals surface area contributed by atoms with Crippen molar-refractivity contribution in [3.8, 4) is 0 Å². The third-order valence-electron chi connectivity index (χ3n) is 2.61. The summed E-state index contributed by atoms with van der Waals surface area (Å²) in [6.45, 7) is -0.114. The highest BCUT2D eigenvalue weighted by molar-refractivity contribution is 7.89. The summed E-state index contributed by atoms with van der Waals surface area (Å²) in [5.74, 6) is 0. The molecule has 2 rings (SSSR count). The number of β-amino-alcohol motifs (C(OH)–C–C–N with tert-alkyl or cyclic N) is 2. The van der Waals surface area contributed by atoms with Crippen LogP contribution < -0.4 is 0 Å². The van der Waals surface area contributed by atoms with Crippen LogP contribution in [0.25, 0.3) is 0 Å². The minimum atomic E-state index is -3.59. The lowest BCUT2D eigenvalue weighted by Crippen LogP contribution is -2.29. The van der Waals surface area contributed by atoms with Gasteiger partial charge in [0.05, 0.1) is 17.1 Å². The highest BCUT2D eigenvalue weighted by Gasteiger charge is 2.37. The second-order valence-corrected chi connectivity index (χ2v) is 5.71. The molecule has 2 N–H and O–H groups in total. The summed E-state index contributed by atoms with van der Waals surface area (Å²) in [5.41, 5.74) is 0. The maximum atomic E-state index is 12.0. The average Bonchev–Trinajstić information content (AvgIpc) is 2.61. The fourth-order valence-electron chi connectivity index (χ4n) is 1.67. The number of aliphatic hydroxyl groups excluding tert-OH is 2. The van der Waals surface area contributed by atoms with Crippen LogP contribution in [0.3, 0.4) is 0 Å². The molecule has 1 aromatic rings. The molecule has 16 heavy (non-hydrogen) atoms. The predicted octanol–water partition coefficient (Wildman–Crippen LogP) is -0.587. The van der Waals surface area contributed by atoms with Gasteiger partial charge in [-0.25, -0.2) is 8.42 Å². The molecule has 0 aliphatic carbocycles. The van der Waals surface area contributed by atoms with Crippen molar-refractivity contribution in [3.05, 3.63) is 30.3 Å². The van der Waals surface area contributed by atoms with Gasteiger partial charge in [0, 0.05) is 13.1 Å². The third kappa shape index (κ3) is 1.97. The summed E-state index contributed by atoms with van der Waals surface area (Å²) in [6, 6.07) is 7.98. The van der Waals surface area contributed by atoms with E-state index in [0.717, 1.165) is 4.31 Å². The van der Waals surface area contributed by atoms with Crippen molar-refractivity contribution >= 4 is 10.0 Å². The predicted molar refractivity (Wildman–Crippen MR) is 57.2 cm³/mol. The monoisotopic (exact) mass is 243 g/mol. The van der Waals surface area contributed by atoms with Gasteiger partial charge in [0.1, 0.15) is 0 Å². The number of rotatable bonds is 2. The first kappa shape index (κ1) is 11.5. The van der Waals surface area contributed by atoms with E-state index in [9.17, 15) is 18.6 Å². The number of hydrogen-bond acceptors (Lipinski definition) is 4. The van der Waals surface area contributed by atoms with Crippen molar-refractivity contribution in [2.45, 2.75) is 17.1 Å². The van der Waals surface area contributed by atoms with Gasteiger partial charge in [-0.1, -0.05) is 18.2 Å². The molecule has 0 aromatic heterocycles. The molecule has 0 radical (unpaired) electrons. The Kier molecular flexibility index (Phi) is 2.98. The number of aliphatic hydroxyl groups is 2. The molecule has 0 bridgehead atoms. The molecule has 1 heterocycles. The molecule has 0 saturated carbocycles. The largest absolute Gasteiger partial charge is 0.389 e. The summed E-state index contributed by atoms with van der Waals surface area (Å²) >= 11 is 0. The second kappa shape index (κ2) is 4.14. The summed E-state index contributed by atoms with van der Waals surface area (Å²) in [6.07, 6.45) is -2.00. The van der Waals surface area contributed by atoms with Crippen molar-refractivity contribution in [1.29, 1.82) is 0 Å². The van der Waals surface area contributed by atoms with E-state index in [1.165, 1.54) is 12.1 Å². The highest BCUT2D eigenvalue weighted by Crippen LogP contribution is 2.20. The van der Waals surface area contributed by atoms with Crippen LogP contribution in [0.1, 0.15) is 0 Å². The molecular formula is C10H13NO4S. The van der Waals surface area contributed by atoms with Crippen LogP contribution in [0.4, 0.5) is 0 Å². The van der Waals surface area contributed by atoms with Crippen molar-refractivity contribution in [3.63, 3.8) is 0 Å². The lowest BCUT2D eigenvalue weighted by atomic mass is 10.3. The lowest BCUT2D eigenvalue weighted by molar-refractivity contribution is 0.0572. The summed E-state index contributed by atoms with van der Waals surface area (Å²) < 4.78 is 25.2. The van der Waals surface area contributed by atoms with E-state index >= 15 is 0 Å². The first-order chi connectivity index (χ1) is 7.51. The fraction of sp³-hybridized carbons (Fsp3) is 0.400. The second-order valence-electron chi connectivity index (χ2n) is 3.77. The van der Waals surface area contributed by atoms with Gasteiger partial charge in [-0.2, -0.15) is 4.31 Å². The van der Waals surface area contributed by atoms with Gasteiger partial charge in [0.25, 0.3) is 0 Å². The fourth-order valence-corrected chi connectivity index (χ4v) is 3.17. The van der Waals surface area contributed by atoms with Gasteiger partial charge in [-0.15, -0.1) is 0 Å². The summed E-state index contributed by atoms with van der Waals surface area (Å²) in [7, 11) is -3.59. The van der Waals surface area contributed by atoms with Crippen molar-refractivity contribution in [1.82, 2.24) is 4.31 Å². The van der Waals surface area contributed by atoms with Gasteiger partial charge in [-0.05, 0) is 12.1 Å². The molecule has 1 fully saturated rings. The van der Waals surface area contributed by atoms with Crippen LogP contribution in [0.2, 0.25) is 0 Å². The quantitative estimate of drug-likeness (QED) is 0.728. The lowest BCUT2D eigenvalue weighted by Gasteiger charge is -2.15. The first-order valence-electron chi connectivity index (χ1n) is 4.93. The Balaban J connectivity index is 2.28. The Hall–Kier alpha value is -0.950. The van der Waals surface area contributed by atoms with E-state index in [-0.39, 0.29) is 18.0 Å². The Morgan fingerprint density at radius 1 is 1.06 bits per heavy atom. The van der Waals surface area contributed by atoms with Gasteiger partial charge < -0.3 is 10.2 Å². The van der Waals surface area contributed by atoms with Crippen LogP contribution in [0.5, 0.6) is 0 Å². The van der Waals surface area contributed by atoms with Crippen LogP contribution in [0.15, 0.2) is 35.2 Å². The highest BCUT2D eigenvalue weighted by atomic mass is 32.2. The first-order valence-corrected chi connectivity index (χ1v) is 6.37. The van der Waals surface area contributed by atoms with E-state index in [1.54, 1.807) is 18.2 Å². The Labute approximate surface area is 94.0 Å². The molecule has 1 saturated heterocycles. The van der Waals surface area contributed by atoms with Gasteiger partial charge >= 0.3 is 0 Å². The van der Waals surface area contributed by atoms with Crippen LogP contribution in [-0.4, -0.2) is 48.2 Å². The van der Waals surface area contributed by atoms with Crippen LogP contribution >= 0.6 is 0 Å². The molecule has 6 heteroatoms. The molecular weight excluding hydrogens is 230 g/mol. The minimum absolute atomic E-state index is 0.0571. The van der Waals surface area contributed by atoms with E-state index in [2.05, 4.69) is 0 Å². The average molecular weight is 243 g/mol. The molecule has 1 aliphatic heterocycles. The maximum absolute atomic E-state index is 12.0. The molecule has 1 aromatic carbocycles. The maximum Gasteiger partial charge on any atom is 0.243 e.